The van der Waals surface area contributed by atoms with E-state index in [-0.39, 0.29) is 0 Å². The van der Waals surface area contributed by atoms with Crippen molar-refractivity contribution in [3.8, 4) is 0 Å². The van der Waals surface area contributed by atoms with Gasteiger partial charge in [-0.05, 0) is 30.2 Å². The highest BCUT2D eigenvalue weighted by molar-refractivity contribution is 6.31. The van der Waals surface area contributed by atoms with Gasteiger partial charge in [-0.25, -0.2) is 0 Å². The minimum atomic E-state index is 0.808. The maximum Gasteiger partial charge on any atom is 0.0455 e. The van der Waals surface area contributed by atoms with E-state index in [1.807, 2.05) is 25.1 Å². The van der Waals surface area contributed by atoms with Crippen molar-refractivity contribution < 1.29 is 0 Å². The molecule has 0 radical (unpaired) electrons. The Bertz CT molecular complexity index is 511. The fourth-order valence-electron chi connectivity index (χ4n) is 1.83. The average Bonchev–Trinajstić information content (AvgIpc) is 2.43. The van der Waals surface area contributed by atoms with E-state index >= 15 is 0 Å². The van der Waals surface area contributed by atoms with Crippen LogP contribution in [0, 0.1) is 6.92 Å². The Morgan fingerprint density at radius 3 is 2.53 bits per heavy atom. The van der Waals surface area contributed by atoms with Gasteiger partial charge >= 0.3 is 0 Å². The molecule has 0 saturated heterocycles. The summed E-state index contributed by atoms with van der Waals surface area (Å²) in [6.07, 6.45) is 0. The highest BCUT2D eigenvalue weighted by Crippen LogP contribution is 2.19. The van der Waals surface area contributed by atoms with Gasteiger partial charge in [0.1, 0.15) is 0 Å². The van der Waals surface area contributed by atoms with Crippen LogP contribution in [0.5, 0.6) is 0 Å². The van der Waals surface area contributed by atoms with Crippen molar-refractivity contribution in [2.24, 2.45) is 0 Å². The van der Waals surface area contributed by atoms with E-state index in [4.69, 9.17) is 11.6 Å². The summed E-state index contributed by atoms with van der Waals surface area (Å²) < 4.78 is 0. The average molecular weight is 275 g/mol. The fourth-order valence-corrected chi connectivity index (χ4v) is 2.01. The fraction of sp³-hybridized carbons (Fsp3) is 0.250. The van der Waals surface area contributed by atoms with Crippen LogP contribution in [0.25, 0.3) is 0 Å². The Labute approximate surface area is 119 Å². The Morgan fingerprint density at radius 2 is 1.79 bits per heavy atom. The molecule has 0 aliphatic rings. The maximum atomic E-state index is 6.08. The van der Waals surface area contributed by atoms with E-state index in [9.17, 15) is 0 Å². The van der Waals surface area contributed by atoms with E-state index in [0.29, 0.717) is 0 Å². The minimum Gasteiger partial charge on any atom is -0.384 e. The molecule has 0 spiro atoms. The van der Waals surface area contributed by atoms with Gasteiger partial charge in [0.25, 0.3) is 0 Å². The standard InChI is InChI=1S/C16H19ClN2/c1-13-7-8-15(11-16(13)17)19-10-9-18-12-14-5-3-2-4-6-14/h2-8,11,18-19H,9-10,12H2,1H3. The summed E-state index contributed by atoms with van der Waals surface area (Å²) in [6, 6.07) is 16.5. The number of aryl methyl sites for hydroxylation is 1. The molecule has 0 saturated carbocycles. The molecule has 0 aliphatic carbocycles. The normalized spacial score (nSPS) is 10.4. The van der Waals surface area contributed by atoms with E-state index < -0.39 is 0 Å². The van der Waals surface area contributed by atoms with E-state index in [0.717, 1.165) is 35.9 Å². The van der Waals surface area contributed by atoms with Crippen LogP contribution in [-0.4, -0.2) is 13.1 Å². The Morgan fingerprint density at radius 1 is 1.00 bits per heavy atom. The first kappa shape index (κ1) is 13.9. The first-order chi connectivity index (χ1) is 9.25. The van der Waals surface area contributed by atoms with Gasteiger partial charge in [0.2, 0.25) is 0 Å². The molecule has 0 atom stereocenters. The van der Waals surface area contributed by atoms with E-state index in [1.54, 1.807) is 0 Å². The molecule has 0 aliphatic heterocycles. The van der Waals surface area contributed by atoms with Crippen LogP contribution in [0.3, 0.4) is 0 Å². The lowest BCUT2D eigenvalue weighted by Crippen LogP contribution is -2.21. The monoisotopic (exact) mass is 274 g/mol. The van der Waals surface area contributed by atoms with Crippen LogP contribution in [0.1, 0.15) is 11.1 Å². The molecule has 19 heavy (non-hydrogen) atoms. The molecule has 2 rings (SSSR count). The number of anilines is 1. The first-order valence-electron chi connectivity index (χ1n) is 6.50. The van der Waals surface area contributed by atoms with Gasteiger partial charge in [0.15, 0.2) is 0 Å². The maximum absolute atomic E-state index is 6.08. The summed E-state index contributed by atoms with van der Waals surface area (Å²) in [5.41, 5.74) is 3.48. The lowest BCUT2D eigenvalue weighted by atomic mass is 10.2. The summed E-state index contributed by atoms with van der Waals surface area (Å²) in [5, 5.41) is 7.56. The number of hydrogen-bond acceptors (Lipinski definition) is 2. The topological polar surface area (TPSA) is 24.1 Å². The summed E-state index contributed by atoms with van der Waals surface area (Å²) in [4.78, 5) is 0. The molecule has 0 fully saturated rings. The van der Waals surface area contributed by atoms with Gasteiger partial charge in [0.05, 0.1) is 0 Å². The van der Waals surface area contributed by atoms with E-state index in [2.05, 4.69) is 41.0 Å². The lowest BCUT2D eigenvalue weighted by molar-refractivity contribution is 0.707. The largest absolute Gasteiger partial charge is 0.384 e. The molecule has 3 heteroatoms. The number of hydrogen-bond donors (Lipinski definition) is 2. The highest BCUT2D eigenvalue weighted by atomic mass is 35.5. The zero-order valence-corrected chi connectivity index (χ0v) is 11.9. The number of benzene rings is 2. The molecular weight excluding hydrogens is 256 g/mol. The van der Waals surface area contributed by atoms with Gasteiger partial charge < -0.3 is 10.6 Å². The SMILES string of the molecule is Cc1ccc(NCCNCc2ccccc2)cc1Cl. The van der Waals surface area contributed by atoms with Crippen molar-refractivity contribution in [3.63, 3.8) is 0 Å². The molecule has 0 amide bonds. The third-order valence-electron chi connectivity index (χ3n) is 2.97. The van der Waals surface area contributed by atoms with Gasteiger partial charge in [-0.15, -0.1) is 0 Å². The molecule has 0 bridgehead atoms. The molecule has 2 nitrogen and oxygen atoms in total. The Hall–Kier alpha value is -1.51. The van der Waals surface area contributed by atoms with Gasteiger partial charge in [0, 0.05) is 30.3 Å². The zero-order valence-electron chi connectivity index (χ0n) is 11.1. The Balaban J connectivity index is 1.68. The quantitative estimate of drug-likeness (QED) is 0.782. The van der Waals surface area contributed by atoms with Crippen molar-refractivity contribution in [2.45, 2.75) is 13.5 Å². The van der Waals surface area contributed by atoms with Crippen LogP contribution in [-0.2, 0) is 6.54 Å². The predicted molar refractivity (Wildman–Crippen MR) is 82.8 cm³/mol. The first-order valence-corrected chi connectivity index (χ1v) is 6.88. The third-order valence-corrected chi connectivity index (χ3v) is 3.38. The van der Waals surface area contributed by atoms with Crippen molar-refractivity contribution in [1.82, 2.24) is 5.32 Å². The summed E-state index contributed by atoms with van der Waals surface area (Å²) in [5.74, 6) is 0. The molecule has 2 aromatic rings. The molecular formula is C16H19ClN2. The molecule has 2 aromatic carbocycles. The van der Waals surface area contributed by atoms with Crippen molar-refractivity contribution in [1.29, 1.82) is 0 Å². The second-order valence-electron chi connectivity index (χ2n) is 4.55. The van der Waals surface area contributed by atoms with Crippen molar-refractivity contribution in [3.05, 3.63) is 64.7 Å². The molecule has 0 unspecified atom stereocenters. The summed E-state index contributed by atoms with van der Waals surface area (Å²) >= 11 is 6.08. The highest BCUT2D eigenvalue weighted by Gasteiger charge is 1.97. The minimum absolute atomic E-state index is 0.808. The van der Waals surface area contributed by atoms with E-state index in [1.165, 1.54) is 5.56 Å². The predicted octanol–water partition coefficient (Wildman–Crippen LogP) is 3.85. The van der Waals surface area contributed by atoms with Crippen LogP contribution in [0.4, 0.5) is 5.69 Å². The number of nitrogens with one attached hydrogen (secondary N) is 2. The number of rotatable bonds is 6. The molecule has 2 N–H and O–H groups in total. The van der Waals surface area contributed by atoms with Crippen LogP contribution >= 0.6 is 11.6 Å². The zero-order chi connectivity index (χ0) is 13.5. The van der Waals surface area contributed by atoms with Crippen molar-refractivity contribution >= 4 is 17.3 Å². The second kappa shape index (κ2) is 7.17. The Kier molecular flexibility index (Phi) is 5.25. The van der Waals surface area contributed by atoms with Gasteiger partial charge in [-0.1, -0.05) is 48.0 Å². The molecule has 100 valence electrons. The number of halogens is 1. The van der Waals surface area contributed by atoms with Crippen LogP contribution in [0.15, 0.2) is 48.5 Å². The van der Waals surface area contributed by atoms with Crippen LogP contribution in [0.2, 0.25) is 5.02 Å². The molecule has 0 aromatic heterocycles. The summed E-state index contributed by atoms with van der Waals surface area (Å²) in [7, 11) is 0. The van der Waals surface area contributed by atoms with Crippen molar-refractivity contribution in [2.75, 3.05) is 18.4 Å². The lowest BCUT2D eigenvalue weighted by Gasteiger charge is -2.09. The summed E-state index contributed by atoms with van der Waals surface area (Å²) in [6.45, 7) is 4.71. The van der Waals surface area contributed by atoms with Gasteiger partial charge in [-0.2, -0.15) is 0 Å². The molecule has 0 heterocycles. The second-order valence-corrected chi connectivity index (χ2v) is 4.96. The smallest absolute Gasteiger partial charge is 0.0455 e. The van der Waals surface area contributed by atoms with Crippen LogP contribution < -0.4 is 10.6 Å². The third kappa shape index (κ3) is 4.58. The van der Waals surface area contributed by atoms with Gasteiger partial charge in [-0.3, -0.25) is 0 Å².